The zero-order valence-electron chi connectivity index (χ0n) is 11.5. The number of hydrogen-bond donors (Lipinski definition) is 1. The highest BCUT2D eigenvalue weighted by Crippen LogP contribution is 2.36. The molecule has 0 spiro atoms. The molecular weight excluding hydrogens is 272 g/mol. The van der Waals surface area contributed by atoms with Gasteiger partial charge in [0.05, 0.1) is 17.7 Å². The molecular formula is C15H18N2O2S. The summed E-state index contributed by atoms with van der Waals surface area (Å²) in [6.45, 7) is 2.52. The number of rotatable bonds is 7. The number of benzene rings is 1. The number of anilines is 1. The Hall–Kier alpha value is -1.67. The quantitative estimate of drug-likeness (QED) is 0.782. The third-order valence-electron chi connectivity index (χ3n) is 3.28. The Balaban J connectivity index is 2.30. The first kappa shape index (κ1) is 14.7. The standard InChI is InChI=1S/C15H18N2O2S/c1-2-20-14-5-3-4-13(12(14)10-16)17(11-6-7-11)9-8-15(18)19/h3-5,11H,2,6-9H2,1H3,(H,18,19). The minimum atomic E-state index is -0.798. The van der Waals surface area contributed by atoms with Crippen molar-refractivity contribution in [1.82, 2.24) is 0 Å². The van der Waals surface area contributed by atoms with Crippen LogP contribution in [0.4, 0.5) is 5.69 Å². The molecule has 0 bridgehead atoms. The van der Waals surface area contributed by atoms with E-state index in [1.165, 1.54) is 0 Å². The van der Waals surface area contributed by atoms with Gasteiger partial charge in [-0.15, -0.1) is 11.8 Å². The first-order valence-corrected chi connectivity index (χ1v) is 7.80. The summed E-state index contributed by atoms with van der Waals surface area (Å²) in [5.74, 6) is 0.115. The van der Waals surface area contributed by atoms with E-state index in [1.807, 2.05) is 18.2 Å². The lowest BCUT2D eigenvalue weighted by molar-refractivity contribution is -0.136. The highest BCUT2D eigenvalue weighted by molar-refractivity contribution is 7.99. The zero-order valence-corrected chi connectivity index (χ0v) is 12.3. The fraction of sp³-hybridized carbons (Fsp3) is 0.467. The van der Waals surface area contributed by atoms with Crippen LogP contribution in [0.15, 0.2) is 23.1 Å². The zero-order chi connectivity index (χ0) is 14.5. The lowest BCUT2D eigenvalue weighted by Crippen LogP contribution is -2.29. The molecule has 106 valence electrons. The molecule has 1 saturated carbocycles. The average molecular weight is 290 g/mol. The van der Waals surface area contributed by atoms with E-state index in [4.69, 9.17) is 5.11 Å². The van der Waals surface area contributed by atoms with Crippen molar-refractivity contribution in [2.45, 2.75) is 37.1 Å². The second-order valence-corrected chi connectivity index (χ2v) is 6.07. The molecule has 2 rings (SSSR count). The van der Waals surface area contributed by atoms with E-state index in [0.29, 0.717) is 18.2 Å². The molecule has 20 heavy (non-hydrogen) atoms. The Kier molecular flexibility index (Phi) is 4.91. The number of hydrogen-bond acceptors (Lipinski definition) is 4. The molecule has 1 aliphatic rings. The predicted octanol–water partition coefficient (Wildman–Crippen LogP) is 3.11. The van der Waals surface area contributed by atoms with Gasteiger partial charge in [0, 0.05) is 17.5 Å². The maximum absolute atomic E-state index is 10.8. The average Bonchev–Trinajstić information content (AvgIpc) is 3.24. The predicted molar refractivity (Wildman–Crippen MR) is 80.2 cm³/mol. The highest BCUT2D eigenvalue weighted by atomic mass is 32.2. The van der Waals surface area contributed by atoms with Crippen LogP contribution in [-0.4, -0.2) is 29.4 Å². The van der Waals surface area contributed by atoms with Crippen LogP contribution in [0.1, 0.15) is 31.7 Å². The van der Waals surface area contributed by atoms with Crippen molar-refractivity contribution >= 4 is 23.4 Å². The van der Waals surface area contributed by atoms with E-state index in [0.717, 1.165) is 29.2 Å². The summed E-state index contributed by atoms with van der Waals surface area (Å²) >= 11 is 1.65. The fourth-order valence-corrected chi connectivity index (χ4v) is 3.03. The van der Waals surface area contributed by atoms with E-state index in [9.17, 15) is 10.1 Å². The first-order chi connectivity index (χ1) is 9.67. The summed E-state index contributed by atoms with van der Waals surface area (Å²) in [5.41, 5.74) is 1.56. The number of aliphatic carboxylic acids is 1. The topological polar surface area (TPSA) is 64.3 Å². The molecule has 1 aromatic rings. The molecule has 5 heteroatoms. The molecule has 0 aromatic heterocycles. The van der Waals surface area contributed by atoms with Gasteiger partial charge >= 0.3 is 5.97 Å². The van der Waals surface area contributed by atoms with Gasteiger partial charge in [-0.3, -0.25) is 4.79 Å². The van der Waals surface area contributed by atoms with Crippen molar-refractivity contribution in [3.63, 3.8) is 0 Å². The molecule has 0 aliphatic heterocycles. The van der Waals surface area contributed by atoms with Crippen molar-refractivity contribution in [3.05, 3.63) is 23.8 Å². The van der Waals surface area contributed by atoms with E-state index >= 15 is 0 Å². The van der Waals surface area contributed by atoms with Crippen molar-refractivity contribution in [1.29, 1.82) is 5.26 Å². The molecule has 1 aromatic carbocycles. The van der Waals surface area contributed by atoms with Crippen molar-refractivity contribution in [2.24, 2.45) is 0 Å². The molecule has 0 saturated heterocycles. The Morgan fingerprint density at radius 1 is 1.55 bits per heavy atom. The van der Waals surface area contributed by atoms with Crippen LogP contribution in [-0.2, 0) is 4.79 Å². The van der Waals surface area contributed by atoms with Gasteiger partial charge in [-0.05, 0) is 30.7 Å². The monoisotopic (exact) mass is 290 g/mol. The minimum Gasteiger partial charge on any atom is -0.481 e. The number of carboxylic acids is 1. The number of thioether (sulfide) groups is 1. The molecule has 1 aliphatic carbocycles. The first-order valence-electron chi connectivity index (χ1n) is 6.81. The number of carboxylic acid groups (broad SMARTS) is 1. The Bertz CT molecular complexity index is 535. The van der Waals surface area contributed by atoms with E-state index in [1.54, 1.807) is 11.8 Å². The molecule has 1 fully saturated rings. The lowest BCUT2D eigenvalue weighted by Gasteiger charge is -2.25. The molecule has 0 heterocycles. The van der Waals surface area contributed by atoms with Gasteiger partial charge in [0.15, 0.2) is 0 Å². The van der Waals surface area contributed by atoms with Gasteiger partial charge < -0.3 is 10.0 Å². The van der Waals surface area contributed by atoms with Gasteiger partial charge in [0.2, 0.25) is 0 Å². The Labute approximate surface area is 123 Å². The highest BCUT2D eigenvalue weighted by Gasteiger charge is 2.31. The molecule has 1 N–H and O–H groups in total. The smallest absolute Gasteiger partial charge is 0.305 e. The summed E-state index contributed by atoms with van der Waals surface area (Å²) in [6.07, 6.45) is 2.26. The molecule has 0 unspecified atom stereocenters. The number of nitrogens with zero attached hydrogens (tertiary/aromatic N) is 2. The van der Waals surface area contributed by atoms with Crippen molar-refractivity contribution in [2.75, 3.05) is 17.2 Å². The third kappa shape index (κ3) is 3.45. The van der Waals surface area contributed by atoms with E-state index in [2.05, 4.69) is 17.9 Å². The van der Waals surface area contributed by atoms with Crippen LogP contribution in [0.3, 0.4) is 0 Å². The van der Waals surface area contributed by atoms with Crippen molar-refractivity contribution < 1.29 is 9.90 Å². The number of carbonyl (C=O) groups is 1. The van der Waals surface area contributed by atoms with Crippen LogP contribution in [0.2, 0.25) is 0 Å². The van der Waals surface area contributed by atoms with Gasteiger partial charge in [0.1, 0.15) is 6.07 Å². The van der Waals surface area contributed by atoms with Gasteiger partial charge in [-0.25, -0.2) is 0 Å². The summed E-state index contributed by atoms with van der Waals surface area (Å²) in [5, 5.41) is 18.3. The molecule has 0 amide bonds. The van der Waals surface area contributed by atoms with E-state index in [-0.39, 0.29) is 6.42 Å². The number of nitriles is 1. The lowest BCUT2D eigenvalue weighted by atomic mass is 10.1. The van der Waals surface area contributed by atoms with Gasteiger partial charge in [0.25, 0.3) is 0 Å². The van der Waals surface area contributed by atoms with Crippen LogP contribution >= 0.6 is 11.8 Å². The molecule has 0 atom stereocenters. The SMILES string of the molecule is CCSc1cccc(N(CCC(=O)O)C2CC2)c1C#N. The second kappa shape index (κ2) is 6.67. The maximum Gasteiger partial charge on any atom is 0.305 e. The van der Waals surface area contributed by atoms with E-state index < -0.39 is 5.97 Å². The summed E-state index contributed by atoms with van der Waals surface area (Å²) in [6, 6.07) is 8.52. The van der Waals surface area contributed by atoms with Crippen LogP contribution < -0.4 is 4.90 Å². The van der Waals surface area contributed by atoms with Crippen LogP contribution in [0.5, 0.6) is 0 Å². The second-order valence-electron chi connectivity index (χ2n) is 4.76. The normalized spacial score (nSPS) is 13.8. The van der Waals surface area contributed by atoms with Crippen LogP contribution in [0, 0.1) is 11.3 Å². The van der Waals surface area contributed by atoms with Gasteiger partial charge in [-0.2, -0.15) is 5.26 Å². The molecule has 0 radical (unpaired) electrons. The molecule has 4 nitrogen and oxygen atoms in total. The summed E-state index contributed by atoms with van der Waals surface area (Å²) < 4.78 is 0. The Morgan fingerprint density at radius 3 is 2.85 bits per heavy atom. The third-order valence-corrected chi connectivity index (χ3v) is 4.22. The minimum absolute atomic E-state index is 0.104. The van der Waals surface area contributed by atoms with Gasteiger partial charge in [-0.1, -0.05) is 13.0 Å². The largest absolute Gasteiger partial charge is 0.481 e. The maximum atomic E-state index is 10.8. The van der Waals surface area contributed by atoms with Crippen molar-refractivity contribution in [3.8, 4) is 6.07 Å². The van der Waals surface area contributed by atoms with Crippen LogP contribution in [0.25, 0.3) is 0 Å². The summed E-state index contributed by atoms with van der Waals surface area (Å²) in [4.78, 5) is 13.9. The summed E-state index contributed by atoms with van der Waals surface area (Å²) in [7, 11) is 0. The Morgan fingerprint density at radius 2 is 2.30 bits per heavy atom. The fourth-order valence-electron chi connectivity index (χ4n) is 2.25.